The second-order valence-electron chi connectivity index (χ2n) is 7.58. The summed E-state index contributed by atoms with van der Waals surface area (Å²) in [5.41, 5.74) is 4.48. The summed E-state index contributed by atoms with van der Waals surface area (Å²) in [6.45, 7) is 4.21. The minimum Gasteiger partial charge on any atom is -0.504 e. The first-order valence-electron chi connectivity index (χ1n) is 10.9. The lowest BCUT2D eigenvalue weighted by atomic mass is 10.1. The standard InChI is InChI=1S/C27H26N2O3S/c1-4-18-9-13-21(14-10-18)28-27-29(22-15-11-19(5-2)12-16-22)26(31)24(33-27)17-20-7-6-8-23(32-3)25(20)30/h6-17,30H,4-5H2,1-3H3/b24-17+,28-27?. The van der Waals surface area contributed by atoms with Crippen molar-refractivity contribution in [1.82, 2.24) is 0 Å². The summed E-state index contributed by atoms with van der Waals surface area (Å²) in [5.74, 6) is 0.174. The Balaban J connectivity index is 1.77. The van der Waals surface area contributed by atoms with E-state index >= 15 is 0 Å². The Bertz CT molecular complexity index is 1220. The van der Waals surface area contributed by atoms with Crippen LogP contribution in [-0.4, -0.2) is 23.3 Å². The lowest BCUT2D eigenvalue weighted by Crippen LogP contribution is -2.28. The molecule has 1 N–H and O–H groups in total. The van der Waals surface area contributed by atoms with Crippen LogP contribution in [0.5, 0.6) is 11.5 Å². The van der Waals surface area contributed by atoms with Gasteiger partial charge >= 0.3 is 0 Å². The molecule has 1 saturated heterocycles. The molecule has 6 heteroatoms. The van der Waals surface area contributed by atoms with Crippen molar-refractivity contribution in [3.63, 3.8) is 0 Å². The zero-order valence-corrected chi connectivity index (χ0v) is 19.7. The summed E-state index contributed by atoms with van der Waals surface area (Å²) >= 11 is 1.29. The number of aliphatic imine (C=N–C) groups is 1. The summed E-state index contributed by atoms with van der Waals surface area (Å²) in [5, 5.41) is 11.1. The number of hydrogen-bond acceptors (Lipinski definition) is 5. The van der Waals surface area contributed by atoms with Crippen molar-refractivity contribution >= 4 is 40.3 Å². The van der Waals surface area contributed by atoms with Crippen molar-refractivity contribution in [1.29, 1.82) is 0 Å². The van der Waals surface area contributed by atoms with E-state index in [0.29, 0.717) is 21.4 Å². The summed E-state index contributed by atoms with van der Waals surface area (Å²) in [4.78, 5) is 20.4. The molecule has 1 aliphatic heterocycles. The number of benzene rings is 3. The molecule has 1 amide bonds. The second kappa shape index (κ2) is 9.96. The molecule has 4 rings (SSSR count). The monoisotopic (exact) mass is 458 g/mol. The molecular formula is C27H26N2O3S. The van der Waals surface area contributed by atoms with Gasteiger partial charge in [0.2, 0.25) is 0 Å². The van der Waals surface area contributed by atoms with Crippen molar-refractivity contribution in [2.45, 2.75) is 26.7 Å². The third-order valence-corrected chi connectivity index (χ3v) is 6.48. The van der Waals surface area contributed by atoms with Gasteiger partial charge in [0.15, 0.2) is 16.7 Å². The molecule has 1 fully saturated rings. The number of phenols is 1. The normalized spacial score (nSPS) is 16.1. The van der Waals surface area contributed by atoms with E-state index in [-0.39, 0.29) is 11.7 Å². The van der Waals surface area contributed by atoms with E-state index in [2.05, 4.69) is 13.8 Å². The molecule has 0 unspecified atom stereocenters. The van der Waals surface area contributed by atoms with Crippen molar-refractivity contribution in [3.05, 3.63) is 88.3 Å². The maximum Gasteiger partial charge on any atom is 0.271 e. The van der Waals surface area contributed by atoms with Gasteiger partial charge in [-0.1, -0.05) is 50.2 Å². The third kappa shape index (κ3) is 4.81. The Kier molecular flexibility index (Phi) is 6.84. The third-order valence-electron chi connectivity index (χ3n) is 5.52. The number of para-hydroxylation sites is 1. The molecule has 0 spiro atoms. The Morgan fingerprint density at radius 3 is 2.21 bits per heavy atom. The molecule has 0 aromatic heterocycles. The van der Waals surface area contributed by atoms with E-state index in [1.807, 2.05) is 48.5 Å². The van der Waals surface area contributed by atoms with E-state index in [0.717, 1.165) is 24.2 Å². The molecule has 0 saturated carbocycles. The van der Waals surface area contributed by atoms with E-state index in [9.17, 15) is 9.90 Å². The van der Waals surface area contributed by atoms with Gasteiger partial charge < -0.3 is 9.84 Å². The average Bonchev–Trinajstić information content (AvgIpc) is 3.15. The fourth-order valence-corrected chi connectivity index (χ4v) is 4.53. The first kappa shape index (κ1) is 22.7. The van der Waals surface area contributed by atoms with Crippen LogP contribution in [0.15, 0.2) is 76.6 Å². The maximum absolute atomic E-state index is 13.5. The predicted octanol–water partition coefficient (Wildman–Crippen LogP) is 6.33. The number of methoxy groups -OCH3 is 1. The molecule has 3 aromatic rings. The summed E-state index contributed by atoms with van der Waals surface area (Å²) in [6.07, 6.45) is 3.56. The van der Waals surface area contributed by atoms with Gasteiger partial charge in [-0.3, -0.25) is 9.69 Å². The number of aryl methyl sites for hydroxylation is 2. The van der Waals surface area contributed by atoms with Crippen LogP contribution in [0.2, 0.25) is 0 Å². The lowest BCUT2D eigenvalue weighted by molar-refractivity contribution is -0.113. The second-order valence-corrected chi connectivity index (χ2v) is 8.59. The van der Waals surface area contributed by atoms with E-state index in [1.165, 1.54) is 30.0 Å². The van der Waals surface area contributed by atoms with Crippen molar-refractivity contribution in [3.8, 4) is 11.5 Å². The van der Waals surface area contributed by atoms with Gasteiger partial charge in [-0.15, -0.1) is 0 Å². The van der Waals surface area contributed by atoms with E-state index in [1.54, 1.807) is 29.2 Å². The number of amidine groups is 1. The highest BCUT2D eigenvalue weighted by molar-refractivity contribution is 8.19. The smallest absolute Gasteiger partial charge is 0.271 e. The number of carbonyl (C=O) groups is 1. The number of nitrogens with zero attached hydrogens (tertiary/aromatic N) is 2. The summed E-state index contributed by atoms with van der Waals surface area (Å²) in [7, 11) is 1.50. The number of carbonyl (C=O) groups excluding carboxylic acids is 1. The van der Waals surface area contributed by atoms with Crippen LogP contribution in [0.3, 0.4) is 0 Å². The molecule has 33 heavy (non-hydrogen) atoms. The Hall–Kier alpha value is -3.51. The minimum atomic E-state index is -0.185. The first-order valence-corrected chi connectivity index (χ1v) is 11.7. The molecule has 5 nitrogen and oxygen atoms in total. The Labute approximate surface area is 198 Å². The number of hydrogen-bond donors (Lipinski definition) is 1. The SMILES string of the molecule is CCc1ccc(N=C2S/C(=C/c3cccc(OC)c3O)C(=O)N2c2ccc(CC)cc2)cc1. The van der Waals surface area contributed by atoms with Crippen LogP contribution in [0.1, 0.15) is 30.5 Å². The highest BCUT2D eigenvalue weighted by atomic mass is 32.2. The van der Waals surface area contributed by atoms with Crippen molar-refractivity contribution < 1.29 is 14.6 Å². The molecule has 168 valence electrons. The fraction of sp³-hybridized carbons (Fsp3) is 0.185. The van der Waals surface area contributed by atoms with Crippen LogP contribution in [-0.2, 0) is 17.6 Å². The summed E-state index contributed by atoms with van der Waals surface area (Å²) in [6, 6.07) is 21.2. The number of anilines is 1. The average molecular weight is 459 g/mol. The van der Waals surface area contributed by atoms with E-state index in [4.69, 9.17) is 9.73 Å². The molecule has 0 bridgehead atoms. The van der Waals surface area contributed by atoms with Crippen LogP contribution in [0.4, 0.5) is 11.4 Å². The van der Waals surface area contributed by atoms with Crippen LogP contribution < -0.4 is 9.64 Å². The highest BCUT2D eigenvalue weighted by Crippen LogP contribution is 2.39. The van der Waals surface area contributed by atoms with Crippen LogP contribution in [0, 0.1) is 0 Å². The van der Waals surface area contributed by atoms with Gasteiger partial charge in [0, 0.05) is 5.56 Å². The van der Waals surface area contributed by atoms with Crippen LogP contribution in [0.25, 0.3) is 6.08 Å². The molecule has 0 aliphatic carbocycles. The molecule has 1 aliphatic rings. The Morgan fingerprint density at radius 2 is 1.61 bits per heavy atom. The van der Waals surface area contributed by atoms with Gasteiger partial charge in [0.05, 0.1) is 23.4 Å². The van der Waals surface area contributed by atoms with E-state index < -0.39 is 0 Å². The molecule has 1 heterocycles. The quantitative estimate of drug-likeness (QED) is 0.438. The van der Waals surface area contributed by atoms with Gasteiger partial charge in [-0.2, -0.15) is 0 Å². The summed E-state index contributed by atoms with van der Waals surface area (Å²) < 4.78 is 5.20. The van der Waals surface area contributed by atoms with Gasteiger partial charge in [-0.05, 0) is 72.1 Å². The van der Waals surface area contributed by atoms with Gasteiger partial charge in [0.1, 0.15) is 0 Å². The fourth-order valence-electron chi connectivity index (χ4n) is 3.54. The largest absolute Gasteiger partial charge is 0.504 e. The predicted molar refractivity (Wildman–Crippen MR) is 136 cm³/mol. The number of amides is 1. The van der Waals surface area contributed by atoms with Gasteiger partial charge in [0.25, 0.3) is 5.91 Å². The minimum absolute atomic E-state index is 0.000270. The molecule has 3 aromatic carbocycles. The van der Waals surface area contributed by atoms with Crippen molar-refractivity contribution in [2.75, 3.05) is 12.0 Å². The van der Waals surface area contributed by atoms with Crippen LogP contribution >= 0.6 is 11.8 Å². The Morgan fingerprint density at radius 1 is 0.970 bits per heavy atom. The number of phenolic OH excluding ortho intramolecular Hbond substituents is 1. The lowest BCUT2D eigenvalue weighted by Gasteiger charge is -2.16. The first-order chi connectivity index (χ1) is 16.0. The zero-order valence-electron chi connectivity index (χ0n) is 18.9. The number of rotatable bonds is 6. The van der Waals surface area contributed by atoms with Crippen molar-refractivity contribution in [2.24, 2.45) is 4.99 Å². The highest BCUT2D eigenvalue weighted by Gasteiger charge is 2.35. The van der Waals surface area contributed by atoms with Gasteiger partial charge in [-0.25, -0.2) is 4.99 Å². The molecular weight excluding hydrogens is 432 g/mol. The molecule has 0 atom stereocenters. The zero-order chi connectivity index (χ0) is 23.4. The number of ether oxygens (including phenoxy) is 1. The maximum atomic E-state index is 13.5. The molecule has 0 radical (unpaired) electrons. The number of thioether (sulfide) groups is 1. The topological polar surface area (TPSA) is 62.1 Å². The number of aromatic hydroxyl groups is 1.